The van der Waals surface area contributed by atoms with Crippen molar-refractivity contribution in [2.24, 2.45) is 0 Å². The van der Waals surface area contributed by atoms with Gasteiger partial charge in [-0.25, -0.2) is 8.78 Å². The Morgan fingerprint density at radius 1 is 1.30 bits per heavy atom. The zero-order valence-corrected chi connectivity index (χ0v) is 11.3. The van der Waals surface area contributed by atoms with Crippen LogP contribution in [-0.2, 0) is 14.3 Å². The van der Waals surface area contributed by atoms with Crippen molar-refractivity contribution in [1.82, 2.24) is 4.90 Å². The number of nitrogens with one attached hydrogen (secondary N) is 1. The van der Waals surface area contributed by atoms with Gasteiger partial charge in [-0.05, 0) is 19.2 Å². The molecule has 1 aromatic rings. The topological polar surface area (TPSA) is 58.6 Å². The number of methoxy groups -OCH3 is 1. The number of halogens is 2. The van der Waals surface area contributed by atoms with Crippen molar-refractivity contribution in [1.29, 1.82) is 0 Å². The molecule has 0 aromatic heterocycles. The summed E-state index contributed by atoms with van der Waals surface area (Å²) in [6.07, 6.45) is 0.133. The van der Waals surface area contributed by atoms with Gasteiger partial charge in [-0.2, -0.15) is 0 Å². The van der Waals surface area contributed by atoms with Crippen LogP contribution in [0.15, 0.2) is 18.2 Å². The van der Waals surface area contributed by atoms with E-state index in [9.17, 15) is 18.4 Å². The number of nitrogens with zero attached hydrogens (tertiary/aromatic N) is 1. The summed E-state index contributed by atoms with van der Waals surface area (Å²) in [7, 11) is 2.89. The van der Waals surface area contributed by atoms with E-state index in [1.807, 2.05) is 0 Å². The molecule has 0 aliphatic heterocycles. The minimum Gasteiger partial charge on any atom is -0.469 e. The van der Waals surface area contributed by atoms with E-state index < -0.39 is 29.2 Å². The number of amides is 1. The average molecular weight is 286 g/mol. The van der Waals surface area contributed by atoms with Gasteiger partial charge in [0.15, 0.2) is 0 Å². The second-order valence-electron chi connectivity index (χ2n) is 4.21. The van der Waals surface area contributed by atoms with Gasteiger partial charge in [0, 0.05) is 6.54 Å². The van der Waals surface area contributed by atoms with Gasteiger partial charge in [-0.3, -0.25) is 14.5 Å². The molecule has 0 unspecified atom stereocenters. The SMILES string of the molecule is COC(=O)CCN(C)CC(=O)Nc1c(F)cccc1F. The van der Waals surface area contributed by atoms with Crippen molar-refractivity contribution in [3.8, 4) is 0 Å². The lowest BCUT2D eigenvalue weighted by atomic mass is 10.3. The maximum Gasteiger partial charge on any atom is 0.306 e. The molecule has 0 bridgehead atoms. The van der Waals surface area contributed by atoms with Crippen LogP contribution in [0.4, 0.5) is 14.5 Å². The van der Waals surface area contributed by atoms with Crippen LogP contribution in [0.2, 0.25) is 0 Å². The number of carbonyl (C=O) groups is 2. The van der Waals surface area contributed by atoms with E-state index >= 15 is 0 Å². The Kier molecular flexibility index (Phi) is 6.05. The maximum atomic E-state index is 13.3. The van der Waals surface area contributed by atoms with Crippen LogP contribution in [-0.4, -0.2) is 44.0 Å². The molecule has 0 radical (unpaired) electrons. The Balaban J connectivity index is 2.49. The normalized spacial score (nSPS) is 10.4. The lowest BCUT2D eigenvalue weighted by Gasteiger charge is -2.15. The predicted octanol–water partition coefficient (Wildman–Crippen LogP) is 1.40. The molecule has 0 heterocycles. The van der Waals surface area contributed by atoms with Gasteiger partial charge in [0.25, 0.3) is 0 Å². The Bertz CT molecular complexity index is 474. The van der Waals surface area contributed by atoms with Crippen molar-refractivity contribution in [2.75, 3.05) is 32.6 Å². The van der Waals surface area contributed by atoms with E-state index in [1.165, 1.54) is 13.2 Å². The minimum atomic E-state index is -0.837. The van der Waals surface area contributed by atoms with E-state index in [-0.39, 0.29) is 13.0 Å². The van der Waals surface area contributed by atoms with Gasteiger partial charge in [-0.15, -0.1) is 0 Å². The van der Waals surface area contributed by atoms with Gasteiger partial charge in [0.05, 0.1) is 20.1 Å². The standard InChI is InChI=1S/C13H16F2N2O3/c1-17(7-6-12(19)20-2)8-11(18)16-13-9(14)4-3-5-10(13)15/h3-5H,6-8H2,1-2H3,(H,16,18). The molecule has 0 fully saturated rings. The fourth-order valence-corrected chi connectivity index (χ4v) is 1.50. The fourth-order valence-electron chi connectivity index (χ4n) is 1.50. The Morgan fingerprint density at radius 3 is 2.45 bits per heavy atom. The highest BCUT2D eigenvalue weighted by atomic mass is 19.1. The molecule has 1 rings (SSSR count). The lowest BCUT2D eigenvalue weighted by Crippen LogP contribution is -2.32. The van der Waals surface area contributed by atoms with Crippen LogP contribution in [0.1, 0.15) is 6.42 Å². The highest BCUT2D eigenvalue weighted by Crippen LogP contribution is 2.17. The first-order valence-electron chi connectivity index (χ1n) is 5.93. The first kappa shape index (κ1) is 16.0. The monoisotopic (exact) mass is 286 g/mol. The Hall–Kier alpha value is -2.02. The first-order chi connectivity index (χ1) is 9.43. The third-order valence-electron chi connectivity index (χ3n) is 2.57. The predicted molar refractivity (Wildman–Crippen MR) is 69.1 cm³/mol. The molecule has 5 nitrogen and oxygen atoms in total. The second kappa shape index (κ2) is 7.54. The van der Waals surface area contributed by atoms with Crippen LogP contribution < -0.4 is 5.32 Å². The zero-order chi connectivity index (χ0) is 15.1. The summed E-state index contributed by atoms with van der Waals surface area (Å²) in [5.74, 6) is -2.63. The molecule has 0 spiro atoms. The van der Waals surface area contributed by atoms with E-state index in [1.54, 1.807) is 11.9 Å². The number of hydrogen-bond acceptors (Lipinski definition) is 4. The maximum absolute atomic E-state index is 13.3. The lowest BCUT2D eigenvalue weighted by molar-refractivity contribution is -0.141. The number of rotatable bonds is 6. The minimum absolute atomic E-state index is 0.0925. The largest absolute Gasteiger partial charge is 0.469 e. The molecule has 0 saturated carbocycles. The summed E-state index contributed by atoms with van der Waals surface area (Å²) in [5, 5.41) is 2.16. The number of ether oxygens (including phenoxy) is 1. The number of likely N-dealkylation sites (N-methyl/N-ethyl adjacent to an activating group) is 1. The van der Waals surface area contributed by atoms with Crippen molar-refractivity contribution >= 4 is 17.6 Å². The first-order valence-corrected chi connectivity index (χ1v) is 5.93. The van der Waals surface area contributed by atoms with Crippen LogP contribution in [0.3, 0.4) is 0 Å². The van der Waals surface area contributed by atoms with Crippen molar-refractivity contribution in [2.45, 2.75) is 6.42 Å². The number of carbonyl (C=O) groups excluding carboxylic acids is 2. The second-order valence-corrected chi connectivity index (χ2v) is 4.21. The highest BCUT2D eigenvalue weighted by molar-refractivity contribution is 5.92. The molecule has 110 valence electrons. The van der Waals surface area contributed by atoms with Crippen molar-refractivity contribution in [3.63, 3.8) is 0 Å². The smallest absolute Gasteiger partial charge is 0.306 e. The third kappa shape index (κ3) is 4.93. The van der Waals surface area contributed by atoms with Crippen LogP contribution >= 0.6 is 0 Å². The Morgan fingerprint density at radius 2 is 1.90 bits per heavy atom. The van der Waals surface area contributed by atoms with Crippen molar-refractivity contribution < 1.29 is 23.1 Å². The number of hydrogen-bond donors (Lipinski definition) is 1. The van der Waals surface area contributed by atoms with Gasteiger partial charge < -0.3 is 10.1 Å². The third-order valence-corrected chi connectivity index (χ3v) is 2.57. The zero-order valence-electron chi connectivity index (χ0n) is 11.3. The van der Waals surface area contributed by atoms with Crippen LogP contribution in [0.25, 0.3) is 0 Å². The number of anilines is 1. The summed E-state index contributed by atoms with van der Waals surface area (Å²) in [6.45, 7) is 0.213. The summed E-state index contributed by atoms with van der Waals surface area (Å²) < 4.78 is 31.1. The molecular weight excluding hydrogens is 270 g/mol. The molecule has 1 aromatic carbocycles. The number of esters is 1. The van der Waals surface area contributed by atoms with E-state index in [0.717, 1.165) is 12.1 Å². The van der Waals surface area contributed by atoms with Gasteiger partial charge in [0.1, 0.15) is 17.3 Å². The van der Waals surface area contributed by atoms with Crippen LogP contribution in [0, 0.1) is 11.6 Å². The van der Waals surface area contributed by atoms with Crippen LogP contribution in [0.5, 0.6) is 0 Å². The quantitative estimate of drug-likeness (QED) is 0.803. The average Bonchev–Trinajstić information content (AvgIpc) is 2.40. The van der Waals surface area contributed by atoms with Gasteiger partial charge in [0.2, 0.25) is 5.91 Å². The summed E-state index contributed by atoms with van der Waals surface area (Å²) in [6, 6.07) is 3.32. The summed E-state index contributed by atoms with van der Waals surface area (Å²) in [4.78, 5) is 24.1. The molecule has 7 heteroatoms. The molecule has 0 saturated heterocycles. The van der Waals surface area contributed by atoms with Crippen molar-refractivity contribution in [3.05, 3.63) is 29.8 Å². The molecular formula is C13H16F2N2O3. The molecule has 0 aliphatic carbocycles. The van der Waals surface area contributed by atoms with E-state index in [2.05, 4.69) is 10.1 Å². The molecule has 0 atom stereocenters. The summed E-state index contributed by atoms with van der Waals surface area (Å²) in [5.41, 5.74) is -0.473. The highest BCUT2D eigenvalue weighted by Gasteiger charge is 2.13. The Labute approximate surface area is 115 Å². The van der Waals surface area contributed by atoms with E-state index in [0.29, 0.717) is 6.54 Å². The fraction of sp³-hybridized carbons (Fsp3) is 0.385. The number of para-hydroxylation sites is 1. The number of benzene rings is 1. The molecule has 20 heavy (non-hydrogen) atoms. The summed E-state index contributed by atoms with van der Waals surface area (Å²) >= 11 is 0. The van der Waals surface area contributed by atoms with Gasteiger partial charge in [-0.1, -0.05) is 6.07 Å². The van der Waals surface area contributed by atoms with E-state index in [4.69, 9.17) is 0 Å². The molecule has 0 aliphatic rings. The molecule has 1 amide bonds. The van der Waals surface area contributed by atoms with Gasteiger partial charge >= 0.3 is 5.97 Å². The molecule has 1 N–H and O–H groups in total.